The molecule has 2 N–H and O–H groups in total. The lowest BCUT2D eigenvalue weighted by molar-refractivity contribution is -0.143. The highest BCUT2D eigenvalue weighted by atomic mass is 19.1. The third-order valence-corrected chi connectivity index (χ3v) is 3.32. The molecule has 1 saturated heterocycles. The minimum atomic E-state index is -0.959. The van der Waals surface area contributed by atoms with Gasteiger partial charge in [-0.25, -0.2) is 8.78 Å². The van der Waals surface area contributed by atoms with Crippen LogP contribution in [0.1, 0.15) is 12.0 Å². The summed E-state index contributed by atoms with van der Waals surface area (Å²) >= 11 is 0. The zero-order valence-electron chi connectivity index (χ0n) is 11.7. The Labute approximate surface area is 121 Å². The van der Waals surface area contributed by atoms with E-state index in [4.69, 9.17) is 0 Å². The number of aryl methyl sites for hydroxylation is 1. The van der Waals surface area contributed by atoms with Gasteiger partial charge in [-0.1, -0.05) is 0 Å². The molecule has 1 aromatic carbocycles. The lowest BCUT2D eigenvalue weighted by atomic mass is 10.2. The molecule has 1 aromatic rings. The molecule has 0 spiro atoms. The summed E-state index contributed by atoms with van der Waals surface area (Å²) in [6.45, 7) is 3.68. The van der Waals surface area contributed by atoms with Crippen molar-refractivity contribution in [3.63, 3.8) is 0 Å². The van der Waals surface area contributed by atoms with Crippen molar-refractivity contribution in [2.24, 2.45) is 0 Å². The molecule has 2 rings (SSSR count). The van der Waals surface area contributed by atoms with Crippen molar-refractivity contribution >= 4 is 17.5 Å². The fourth-order valence-electron chi connectivity index (χ4n) is 2.11. The van der Waals surface area contributed by atoms with E-state index in [-0.39, 0.29) is 11.3 Å². The largest absolute Gasteiger partial charge is 0.333 e. The molecule has 1 heterocycles. The summed E-state index contributed by atoms with van der Waals surface area (Å²) in [6, 6.07) is 1.85. The van der Waals surface area contributed by atoms with E-state index in [1.807, 2.05) is 0 Å². The third kappa shape index (κ3) is 3.75. The number of anilines is 1. The summed E-state index contributed by atoms with van der Waals surface area (Å²) in [7, 11) is 0. The van der Waals surface area contributed by atoms with Crippen LogP contribution >= 0.6 is 0 Å². The highest BCUT2D eigenvalue weighted by Gasteiger charge is 2.23. The molecule has 2 amide bonds. The van der Waals surface area contributed by atoms with E-state index < -0.39 is 23.4 Å². The first-order chi connectivity index (χ1) is 9.99. The standard InChI is InChI=1S/C14H17F2N3O2/c1-9-7-11(16)12(8-10(9)15)18-13(20)14(21)19-5-2-3-17-4-6-19/h7-8,17H,2-6H2,1H3,(H,18,20). The molecular weight excluding hydrogens is 280 g/mol. The topological polar surface area (TPSA) is 61.4 Å². The lowest BCUT2D eigenvalue weighted by Gasteiger charge is -2.19. The third-order valence-electron chi connectivity index (χ3n) is 3.32. The van der Waals surface area contributed by atoms with E-state index in [9.17, 15) is 18.4 Å². The van der Waals surface area contributed by atoms with Gasteiger partial charge in [-0.05, 0) is 31.5 Å². The molecule has 1 aliphatic heterocycles. The number of halogens is 2. The molecular formula is C14H17F2N3O2. The van der Waals surface area contributed by atoms with Crippen LogP contribution in [0.25, 0.3) is 0 Å². The minimum absolute atomic E-state index is 0.135. The molecule has 114 valence electrons. The lowest BCUT2D eigenvalue weighted by Crippen LogP contribution is -2.41. The van der Waals surface area contributed by atoms with E-state index in [1.165, 1.54) is 11.8 Å². The van der Waals surface area contributed by atoms with E-state index in [0.717, 1.165) is 25.1 Å². The van der Waals surface area contributed by atoms with Crippen molar-refractivity contribution in [1.82, 2.24) is 10.2 Å². The summed E-state index contributed by atoms with van der Waals surface area (Å²) in [5.74, 6) is -3.11. The minimum Gasteiger partial charge on any atom is -0.333 e. The monoisotopic (exact) mass is 297 g/mol. The van der Waals surface area contributed by atoms with Crippen molar-refractivity contribution in [3.8, 4) is 0 Å². The number of amides is 2. The molecule has 0 bridgehead atoms. The molecule has 21 heavy (non-hydrogen) atoms. The first kappa shape index (κ1) is 15.4. The van der Waals surface area contributed by atoms with Crippen LogP contribution in [0, 0.1) is 18.6 Å². The Morgan fingerprint density at radius 2 is 1.95 bits per heavy atom. The van der Waals surface area contributed by atoms with Crippen molar-refractivity contribution in [2.75, 3.05) is 31.5 Å². The van der Waals surface area contributed by atoms with E-state index >= 15 is 0 Å². The van der Waals surface area contributed by atoms with Crippen LogP contribution in [-0.2, 0) is 9.59 Å². The number of nitrogens with one attached hydrogen (secondary N) is 2. The Morgan fingerprint density at radius 3 is 2.71 bits per heavy atom. The fraction of sp³-hybridized carbons (Fsp3) is 0.429. The Kier molecular flexibility index (Phi) is 4.85. The molecule has 0 aromatic heterocycles. The zero-order valence-corrected chi connectivity index (χ0v) is 11.7. The number of carbonyl (C=O) groups is 2. The number of hydrogen-bond donors (Lipinski definition) is 2. The first-order valence-corrected chi connectivity index (χ1v) is 6.75. The van der Waals surface area contributed by atoms with E-state index in [1.54, 1.807) is 0 Å². The summed E-state index contributed by atoms with van der Waals surface area (Å²) in [5, 5.41) is 5.24. The van der Waals surface area contributed by atoms with Crippen LogP contribution in [0.5, 0.6) is 0 Å². The quantitative estimate of drug-likeness (QED) is 0.761. The molecule has 7 heteroatoms. The van der Waals surface area contributed by atoms with Gasteiger partial charge in [0.05, 0.1) is 5.69 Å². The highest BCUT2D eigenvalue weighted by Crippen LogP contribution is 2.18. The number of carbonyl (C=O) groups excluding carboxylic acids is 2. The Bertz CT molecular complexity index is 555. The Morgan fingerprint density at radius 1 is 1.19 bits per heavy atom. The van der Waals surface area contributed by atoms with Gasteiger partial charge < -0.3 is 15.5 Å². The predicted molar refractivity (Wildman–Crippen MR) is 73.8 cm³/mol. The van der Waals surface area contributed by atoms with Gasteiger partial charge in [0.1, 0.15) is 11.6 Å². The van der Waals surface area contributed by atoms with Crippen molar-refractivity contribution in [3.05, 3.63) is 29.3 Å². The van der Waals surface area contributed by atoms with Gasteiger partial charge in [-0.3, -0.25) is 9.59 Å². The number of hydrogen-bond acceptors (Lipinski definition) is 3. The van der Waals surface area contributed by atoms with Gasteiger partial charge >= 0.3 is 11.8 Å². The van der Waals surface area contributed by atoms with Crippen LogP contribution in [0.15, 0.2) is 12.1 Å². The molecule has 1 aliphatic rings. The zero-order chi connectivity index (χ0) is 15.4. The van der Waals surface area contributed by atoms with Crippen LogP contribution in [0.3, 0.4) is 0 Å². The van der Waals surface area contributed by atoms with Crippen molar-refractivity contribution < 1.29 is 18.4 Å². The molecule has 0 saturated carbocycles. The smallest absolute Gasteiger partial charge is 0.313 e. The van der Waals surface area contributed by atoms with Gasteiger partial charge in [-0.15, -0.1) is 0 Å². The van der Waals surface area contributed by atoms with Crippen molar-refractivity contribution in [1.29, 1.82) is 0 Å². The van der Waals surface area contributed by atoms with E-state index in [2.05, 4.69) is 10.6 Å². The molecule has 0 radical (unpaired) electrons. The van der Waals surface area contributed by atoms with Gasteiger partial charge in [0.2, 0.25) is 0 Å². The highest BCUT2D eigenvalue weighted by molar-refractivity contribution is 6.39. The molecule has 0 aliphatic carbocycles. The van der Waals surface area contributed by atoms with Crippen LogP contribution in [0.4, 0.5) is 14.5 Å². The van der Waals surface area contributed by atoms with Crippen LogP contribution in [-0.4, -0.2) is 42.9 Å². The molecule has 1 fully saturated rings. The summed E-state index contributed by atoms with van der Waals surface area (Å²) in [4.78, 5) is 25.2. The van der Waals surface area contributed by atoms with Gasteiger partial charge in [0.15, 0.2) is 0 Å². The second-order valence-corrected chi connectivity index (χ2v) is 4.93. The number of nitrogens with zero attached hydrogens (tertiary/aromatic N) is 1. The van der Waals surface area contributed by atoms with Crippen molar-refractivity contribution in [2.45, 2.75) is 13.3 Å². The average Bonchev–Trinajstić information content (AvgIpc) is 2.72. The summed E-state index contributed by atoms with van der Waals surface area (Å²) < 4.78 is 27.0. The first-order valence-electron chi connectivity index (χ1n) is 6.75. The second kappa shape index (κ2) is 6.62. The average molecular weight is 297 g/mol. The maximum atomic E-state index is 13.6. The fourth-order valence-corrected chi connectivity index (χ4v) is 2.11. The maximum absolute atomic E-state index is 13.6. The van der Waals surface area contributed by atoms with Crippen LogP contribution in [0.2, 0.25) is 0 Å². The maximum Gasteiger partial charge on any atom is 0.313 e. The van der Waals surface area contributed by atoms with Crippen LogP contribution < -0.4 is 10.6 Å². The van der Waals surface area contributed by atoms with Gasteiger partial charge in [0.25, 0.3) is 0 Å². The summed E-state index contributed by atoms with van der Waals surface area (Å²) in [5.41, 5.74) is -0.195. The molecule has 5 nitrogen and oxygen atoms in total. The summed E-state index contributed by atoms with van der Waals surface area (Å²) in [6.07, 6.45) is 0.743. The number of benzene rings is 1. The van der Waals surface area contributed by atoms with Gasteiger partial charge in [0, 0.05) is 25.7 Å². The molecule has 0 atom stereocenters. The van der Waals surface area contributed by atoms with E-state index in [0.29, 0.717) is 19.6 Å². The normalized spacial score (nSPS) is 15.5. The second-order valence-electron chi connectivity index (χ2n) is 4.93. The Hall–Kier alpha value is -2.02. The van der Waals surface area contributed by atoms with Gasteiger partial charge in [-0.2, -0.15) is 0 Å². The molecule has 0 unspecified atom stereocenters. The Balaban J connectivity index is 2.06. The SMILES string of the molecule is Cc1cc(F)c(NC(=O)C(=O)N2CCCNCC2)cc1F. The predicted octanol–water partition coefficient (Wildman–Crippen LogP) is 1.03. The number of rotatable bonds is 1.